The number of phenols is 1. The summed E-state index contributed by atoms with van der Waals surface area (Å²) in [7, 11) is 0. The van der Waals surface area contributed by atoms with E-state index in [2.05, 4.69) is 0 Å². The first-order valence-electron chi connectivity index (χ1n) is 8.31. The summed E-state index contributed by atoms with van der Waals surface area (Å²) in [5.74, 6) is -0.848. The summed E-state index contributed by atoms with van der Waals surface area (Å²) in [6.07, 6.45) is 0. The smallest absolute Gasteiger partial charge is 0.339 e. The van der Waals surface area contributed by atoms with Gasteiger partial charge in [-0.2, -0.15) is 0 Å². The Morgan fingerprint density at radius 1 is 1.00 bits per heavy atom. The van der Waals surface area contributed by atoms with Crippen molar-refractivity contribution in [2.45, 2.75) is 0 Å². The summed E-state index contributed by atoms with van der Waals surface area (Å²) in [5.41, 5.74) is 0.588. The molecule has 0 bridgehead atoms. The van der Waals surface area contributed by atoms with Crippen LogP contribution < -0.4 is 9.64 Å². The predicted octanol–water partition coefficient (Wildman–Crippen LogP) is 1.82. The van der Waals surface area contributed by atoms with Gasteiger partial charge in [0, 0.05) is 31.9 Å². The number of benzene rings is 2. The van der Waals surface area contributed by atoms with Crippen LogP contribution in [-0.2, 0) is 4.79 Å². The minimum atomic E-state index is -1.17. The molecule has 2 N–H and O–H groups in total. The second kappa shape index (κ2) is 7.77. The van der Waals surface area contributed by atoms with Crippen molar-refractivity contribution in [2.75, 3.05) is 37.7 Å². The number of hydrogen-bond acceptors (Lipinski definition) is 5. The Morgan fingerprint density at radius 2 is 1.69 bits per heavy atom. The van der Waals surface area contributed by atoms with Crippen LogP contribution in [0.4, 0.5) is 5.69 Å². The van der Waals surface area contributed by atoms with Gasteiger partial charge in [0.05, 0.1) is 0 Å². The quantitative estimate of drug-likeness (QED) is 0.849. The van der Waals surface area contributed by atoms with Gasteiger partial charge >= 0.3 is 5.97 Å². The minimum absolute atomic E-state index is 0.00755. The number of anilines is 1. The molecule has 1 heterocycles. The summed E-state index contributed by atoms with van der Waals surface area (Å²) in [5, 5.41) is 18.7. The van der Waals surface area contributed by atoms with Crippen molar-refractivity contribution in [3.63, 3.8) is 0 Å². The zero-order valence-corrected chi connectivity index (χ0v) is 14.2. The lowest BCUT2D eigenvalue weighted by molar-refractivity contribution is -0.133. The molecule has 26 heavy (non-hydrogen) atoms. The van der Waals surface area contributed by atoms with Gasteiger partial charge in [0.25, 0.3) is 5.91 Å². The number of rotatable bonds is 5. The molecule has 3 rings (SSSR count). The second-order valence-corrected chi connectivity index (χ2v) is 5.98. The van der Waals surface area contributed by atoms with Crippen LogP contribution in [0, 0.1) is 0 Å². The molecule has 0 radical (unpaired) electrons. The van der Waals surface area contributed by atoms with Gasteiger partial charge in [-0.25, -0.2) is 4.79 Å². The number of aromatic carboxylic acids is 1. The maximum absolute atomic E-state index is 12.3. The standard InChI is InChI=1S/C19H20N2O5/c22-17-7-6-14(12-16(17)19(24)25)20-8-10-21(11-9-20)18(23)13-26-15-4-2-1-3-5-15/h1-7,12,22H,8-11,13H2,(H,24,25). The van der Waals surface area contributed by atoms with E-state index in [0.29, 0.717) is 37.6 Å². The first kappa shape index (κ1) is 17.6. The van der Waals surface area contributed by atoms with Gasteiger partial charge in [0.15, 0.2) is 6.61 Å². The van der Waals surface area contributed by atoms with Crippen LogP contribution >= 0.6 is 0 Å². The number of carbonyl (C=O) groups excluding carboxylic acids is 1. The fourth-order valence-electron chi connectivity index (χ4n) is 2.86. The molecule has 1 aliphatic rings. The number of ether oxygens (including phenoxy) is 1. The molecular weight excluding hydrogens is 336 g/mol. The van der Waals surface area contributed by atoms with Crippen molar-refractivity contribution >= 4 is 17.6 Å². The molecule has 0 atom stereocenters. The lowest BCUT2D eigenvalue weighted by atomic mass is 10.1. The van der Waals surface area contributed by atoms with Gasteiger partial charge in [0.1, 0.15) is 17.1 Å². The SMILES string of the molecule is O=C(O)c1cc(N2CCN(C(=O)COc3ccccc3)CC2)ccc1O. The molecule has 0 aliphatic carbocycles. The summed E-state index contributed by atoms with van der Waals surface area (Å²) in [6, 6.07) is 13.7. The van der Waals surface area contributed by atoms with Crippen LogP contribution in [0.2, 0.25) is 0 Å². The Labute approximate surface area is 151 Å². The first-order valence-corrected chi connectivity index (χ1v) is 8.31. The van der Waals surface area contributed by atoms with E-state index in [4.69, 9.17) is 9.84 Å². The average Bonchev–Trinajstić information content (AvgIpc) is 2.67. The van der Waals surface area contributed by atoms with Gasteiger partial charge < -0.3 is 24.7 Å². The Hall–Kier alpha value is -3.22. The minimum Gasteiger partial charge on any atom is -0.507 e. The number of carbonyl (C=O) groups is 2. The molecule has 1 fully saturated rings. The topological polar surface area (TPSA) is 90.3 Å². The number of piperazine rings is 1. The molecule has 2 aromatic carbocycles. The first-order chi connectivity index (χ1) is 12.5. The normalized spacial score (nSPS) is 14.2. The van der Waals surface area contributed by atoms with E-state index in [-0.39, 0.29) is 23.8 Å². The molecule has 1 saturated heterocycles. The number of para-hydroxylation sites is 1. The molecule has 7 nitrogen and oxygen atoms in total. The fourth-order valence-corrected chi connectivity index (χ4v) is 2.86. The summed E-state index contributed by atoms with van der Waals surface area (Å²) < 4.78 is 5.49. The molecule has 0 aromatic heterocycles. The highest BCUT2D eigenvalue weighted by Crippen LogP contribution is 2.25. The lowest BCUT2D eigenvalue weighted by Crippen LogP contribution is -2.50. The van der Waals surface area contributed by atoms with Crippen LogP contribution in [0.15, 0.2) is 48.5 Å². The molecule has 0 unspecified atom stereocenters. The Balaban J connectivity index is 1.55. The summed E-state index contributed by atoms with van der Waals surface area (Å²) >= 11 is 0. The number of hydrogen-bond donors (Lipinski definition) is 2. The van der Waals surface area contributed by atoms with Crippen molar-refractivity contribution in [2.24, 2.45) is 0 Å². The maximum Gasteiger partial charge on any atom is 0.339 e. The van der Waals surface area contributed by atoms with Crippen LogP contribution in [0.3, 0.4) is 0 Å². The van der Waals surface area contributed by atoms with E-state index >= 15 is 0 Å². The van der Waals surface area contributed by atoms with Crippen LogP contribution in [0.25, 0.3) is 0 Å². The van der Waals surface area contributed by atoms with Crippen molar-refractivity contribution in [1.29, 1.82) is 0 Å². The third-order valence-electron chi connectivity index (χ3n) is 4.31. The van der Waals surface area contributed by atoms with E-state index in [1.807, 2.05) is 23.1 Å². The van der Waals surface area contributed by atoms with E-state index in [1.165, 1.54) is 12.1 Å². The Morgan fingerprint density at radius 3 is 2.35 bits per heavy atom. The zero-order valence-electron chi connectivity index (χ0n) is 14.2. The molecule has 2 aromatic rings. The summed E-state index contributed by atoms with van der Waals surface area (Å²) in [6.45, 7) is 2.22. The van der Waals surface area contributed by atoms with Crippen LogP contribution in [-0.4, -0.2) is 59.8 Å². The molecular formula is C19H20N2O5. The molecule has 1 amide bonds. The highest BCUT2D eigenvalue weighted by Gasteiger charge is 2.22. The number of aromatic hydroxyl groups is 1. The van der Waals surface area contributed by atoms with Gasteiger partial charge in [-0.15, -0.1) is 0 Å². The monoisotopic (exact) mass is 356 g/mol. The fraction of sp³-hybridized carbons (Fsp3) is 0.263. The van der Waals surface area contributed by atoms with E-state index in [9.17, 15) is 14.7 Å². The highest BCUT2D eigenvalue weighted by molar-refractivity contribution is 5.92. The van der Waals surface area contributed by atoms with Gasteiger partial charge in [-0.3, -0.25) is 4.79 Å². The number of carboxylic acids is 1. The van der Waals surface area contributed by atoms with Gasteiger partial charge in [-0.05, 0) is 30.3 Å². The van der Waals surface area contributed by atoms with Crippen LogP contribution in [0.1, 0.15) is 10.4 Å². The van der Waals surface area contributed by atoms with Crippen LogP contribution in [0.5, 0.6) is 11.5 Å². The highest BCUT2D eigenvalue weighted by atomic mass is 16.5. The predicted molar refractivity (Wildman–Crippen MR) is 95.8 cm³/mol. The number of amides is 1. The van der Waals surface area contributed by atoms with Gasteiger partial charge in [-0.1, -0.05) is 18.2 Å². The Kier molecular flexibility index (Phi) is 5.26. The molecule has 1 aliphatic heterocycles. The van der Waals surface area contributed by atoms with E-state index in [1.54, 1.807) is 23.1 Å². The second-order valence-electron chi connectivity index (χ2n) is 5.98. The molecule has 0 spiro atoms. The largest absolute Gasteiger partial charge is 0.507 e. The number of nitrogens with zero attached hydrogens (tertiary/aromatic N) is 2. The molecule has 136 valence electrons. The third kappa shape index (κ3) is 4.05. The number of carboxylic acid groups (broad SMARTS) is 1. The van der Waals surface area contributed by atoms with E-state index in [0.717, 1.165) is 0 Å². The lowest BCUT2D eigenvalue weighted by Gasteiger charge is -2.36. The van der Waals surface area contributed by atoms with Crippen molar-refractivity contribution in [3.8, 4) is 11.5 Å². The van der Waals surface area contributed by atoms with E-state index < -0.39 is 5.97 Å². The van der Waals surface area contributed by atoms with Crippen molar-refractivity contribution < 1.29 is 24.5 Å². The summed E-state index contributed by atoms with van der Waals surface area (Å²) in [4.78, 5) is 27.1. The zero-order chi connectivity index (χ0) is 18.5. The van der Waals surface area contributed by atoms with Gasteiger partial charge in [0.2, 0.25) is 0 Å². The third-order valence-corrected chi connectivity index (χ3v) is 4.31. The maximum atomic E-state index is 12.3. The Bertz CT molecular complexity index is 786. The molecule has 7 heteroatoms. The molecule has 0 saturated carbocycles. The average molecular weight is 356 g/mol. The van der Waals surface area contributed by atoms with Crippen molar-refractivity contribution in [3.05, 3.63) is 54.1 Å². The van der Waals surface area contributed by atoms with Crippen molar-refractivity contribution in [1.82, 2.24) is 4.90 Å².